The maximum absolute atomic E-state index is 6.03. The number of nitrogens with one attached hydrogen (secondary N) is 1. The van der Waals surface area contributed by atoms with E-state index in [0.717, 1.165) is 33.7 Å². The van der Waals surface area contributed by atoms with E-state index in [-0.39, 0.29) is 0 Å². The summed E-state index contributed by atoms with van der Waals surface area (Å²) in [6.07, 6.45) is 1.79. The van der Waals surface area contributed by atoms with Crippen molar-refractivity contribution in [2.75, 3.05) is 11.1 Å². The fourth-order valence-electron chi connectivity index (χ4n) is 2.24. The fraction of sp³-hybridized carbons (Fsp3) is 0.125. The van der Waals surface area contributed by atoms with Crippen LogP contribution in [0.3, 0.4) is 0 Å². The molecular weight excluding hydrogens is 248 g/mol. The molecule has 2 aromatic heterocycles. The first-order valence-corrected chi connectivity index (χ1v) is 6.53. The van der Waals surface area contributed by atoms with E-state index in [9.17, 15) is 0 Å². The van der Waals surface area contributed by atoms with Crippen LogP contribution in [0.1, 0.15) is 11.4 Å². The zero-order valence-corrected chi connectivity index (χ0v) is 11.3. The van der Waals surface area contributed by atoms with Gasteiger partial charge in [-0.2, -0.15) is 0 Å². The zero-order valence-electron chi connectivity index (χ0n) is 11.3. The first kappa shape index (κ1) is 12.4. The van der Waals surface area contributed by atoms with Gasteiger partial charge in [-0.3, -0.25) is 4.98 Å². The van der Waals surface area contributed by atoms with Gasteiger partial charge < -0.3 is 11.1 Å². The summed E-state index contributed by atoms with van der Waals surface area (Å²) in [5.41, 5.74) is 8.73. The lowest BCUT2D eigenvalue weighted by Crippen LogP contribution is -2.04. The zero-order chi connectivity index (χ0) is 13.9. The topological polar surface area (TPSA) is 63.8 Å². The number of aryl methyl sites for hydroxylation is 1. The molecule has 4 heteroatoms. The van der Waals surface area contributed by atoms with E-state index in [1.165, 1.54) is 0 Å². The molecule has 100 valence electrons. The van der Waals surface area contributed by atoms with Gasteiger partial charge in [0.15, 0.2) is 0 Å². The SMILES string of the molecule is Cc1cc2c(N)cccc2c(NCc2ccccn2)n1. The summed E-state index contributed by atoms with van der Waals surface area (Å²) in [6, 6.07) is 13.8. The van der Waals surface area contributed by atoms with Crippen molar-refractivity contribution in [3.63, 3.8) is 0 Å². The second-order valence-corrected chi connectivity index (χ2v) is 4.73. The van der Waals surface area contributed by atoms with E-state index in [0.29, 0.717) is 6.54 Å². The average Bonchev–Trinajstić information content (AvgIpc) is 2.47. The van der Waals surface area contributed by atoms with Crippen molar-refractivity contribution in [2.24, 2.45) is 0 Å². The molecule has 0 bridgehead atoms. The summed E-state index contributed by atoms with van der Waals surface area (Å²) in [4.78, 5) is 8.86. The third kappa shape index (κ3) is 2.40. The number of nitrogens with two attached hydrogens (primary N) is 1. The predicted octanol–water partition coefficient (Wildman–Crippen LogP) is 3.13. The molecule has 3 N–H and O–H groups in total. The van der Waals surface area contributed by atoms with E-state index < -0.39 is 0 Å². The minimum absolute atomic E-state index is 0.640. The molecule has 0 amide bonds. The number of nitrogens with zero attached hydrogens (tertiary/aromatic N) is 2. The quantitative estimate of drug-likeness (QED) is 0.713. The smallest absolute Gasteiger partial charge is 0.134 e. The number of benzene rings is 1. The number of hydrogen-bond donors (Lipinski definition) is 2. The Kier molecular flexibility index (Phi) is 3.21. The number of aromatic nitrogens is 2. The average molecular weight is 264 g/mol. The van der Waals surface area contributed by atoms with Gasteiger partial charge in [-0.1, -0.05) is 18.2 Å². The second kappa shape index (κ2) is 5.17. The highest BCUT2D eigenvalue weighted by Crippen LogP contribution is 2.27. The van der Waals surface area contributed by atoms with Gasteiger partial charge in [0, 0.05) is 28.4 Å². The van der Waals surface area contributed by atoms with Gasteiger partial charge in [-0.25, -0.2) is 4.98 Å². The lowest BCUT2D eigenvalue weighted by Gasteiger charge is -2.11. The van der Waals surface area contributed by atoms with Crippen LogP contribution < -0.4 is 11.1 Å². The number of nitrogen functional groups attached to an aromatic ring is 1. The normalized spacial score (nSPS) is 10.7. The molecule has 3 aromatic rings. The Morgan fingerprint density at radius 3 is 2.80 bits per heavy atom. The molecule has 3 rings (SSSR count). The third-order valence-corrected chi connectivity index (χ3v) is 3.20. The highest BCUT2D eigenvalue weighted by Gasteiger charge is 2.06. The number of fused-ring (bicyclic) bond motifs is 1. The van der Waals surface area contributed by atoms with E-state index >= 15 is 0 Å². The van der Waals surface area contributed by atoms with Crippen LogP contribution >= 0.6 is 0 Å². The maximum atomic E-state index is 6.03. The first-order chi connectivity index (χ1) is 9.74. The van der Waals surface area contributed by atoms with E-state index in [1.807, 2.05) is 49.4 Å². The van der Waals surface area contributed by atoms with E-state index in [4.69, 9.17) is 5.73 Å². The third-order valence-electron chi connectivity index (χ3n) is 3.20. The Morgan fingerprint density at radius 2 is 2.00 bits per heavy atom. The Bertz CT molecular complexity index is 738. The first-order valence-electron chi connectivity index (χ1n) is 6.53. The molecule has 0 radical (unpaired) electrons. The molecular formula is C16H16N4. The number of pyridine rings is 2. The van der Waals surface area contributed by atoms with Gasteiger partial charge in [0.2, 0.25) is 0 Å². The van der Waals surface area contributed by atoms with Crippen molar-refractivity contribution in [1.29, 1.82) is 0 Å². The molecule has 0 saturated heterocycles. The van der Waals surface area contributed by atoms with Crippen LogP contribution in [-0.4, -0.2) is 9.97 Å². The van der Waals surface area contributed by atoms with Gasteiger partial charge in [0.1, 0.15) is 5.82 Å². The fourth-order valence-corrected chi connectivity index (χ4v) is 2.24. The molecule has 0 atom stereocenters. The van der Waals surface area contributed by atoms with Crippen molar-refractivity contribution >= 4 is 22.3 Å². The van der Waals surface area contributed by atoms with Gasteiger partial charge in [0.05, 0.1) is 12.2 Å². The van der Waals surface area contributed by atoms with Crippen LogP contribution in [0.5, 0.6) is 0 Å². The van der Waals surface area contributed by atoms with Gasteiger partial charge in [-0.05, 0) is 31.2 Å². The summed E-state index contributed by atoms with van der Waals surface area (Å²) in [6.45, 7) is 2.61. The van der Waals surface area contributed by atoms with Gasteiger partial charge in [-0.15, -0.1) is 0 Å². The highest BCUT2D eigenvalue weighted by molar-refractivity contribution is 5.99. The van der Waals surface area contributed by atoms with E-state index in [1.54, 1.807) is 6.20 Å². The molecule has 0 aliphatic carbocycles. The molecule has 20 heavy (non-hydrogen) atoms. The molecule has 4 nitrogen and oxygen atoms in total. The monoisotopic (exact) mass is 264 g/mol. The molecule has 0 fully saturated rings. The second-order valence-electron chi connectivity index (χ2n) is 4.73. The maximum Gasteiger partial charge on any atom is 0.134 e. The number of rotatable bonds is 3. The molecule has 0 spiro atoms. The van der Waals surface area contributed by atoms with Gasteiger partial charge >= 0.3 is 0 Å². The minimum Gasteiger partial charge on any atom is -0.398 e. The van der Waals surface area contributed by atoms with Crippen molar-refractivity contribution < 1.29 is 0 Å². The van der Waals surface area contributed by atoms with Crippen molar-refractivity contribution in [3.8, 4) is 0 Å². The summed E-state index contributed by atoms with van der Waals surface area (Å²) in [7, 11) is 0. The van der Waals surface area contributed by atoms with Crippen LogP contribution in [0.25, 0.3) is 10.8 Å². The Labute approximate surface area is 117 Å². The lowest BCUT2D eigenvalue weighted by molar-refractivity contribution is 1.03. The Morgan fingerprint density at radius 1 is 1.10 bits per heavy atom. The molecule has 0 saturated carbocycles. The minimum atomic E-state index is 0.640. The van der Waals surface area contributed by atoms with Crippen LogP contribution in [0.2, 0.25) is 0 Å². The standard InChI is InChI=1S/C16H16N4/c1-11-9-14-13(6-4-7-15(14)17)16(20-11)19-10-12-5-2-3-8-18-12/h2-9H,10,17H2,1H3,(H,19,20). The molecule has 0 unspecified atom stereocenters. The summed E-state index contributed by atoms with van der Waals surface area (Å²) in [5, 5.41) is 5.41. The van der Waals surface area contributed by atoms with E-state index in [2.05, 4.69) is 15.3 Å². The van der Waals surface area contributed by atoms with Crippen molar-refractivity contribution in [3.05, 3.63) is 60.0 Å². The van der Waals surface area contributed by atoms with Crippen LogP contribution in [0, 0.1) is 6.92 Å². The van der Waals surface area contributed by atoms with Crippen molar-refractivity contribution in [1.82, 2.24) is 9.97 Å². The van der Waals surface area contributed by atoms with Gasteiger partial charge in [0.25, 0.3) is 0 Å². The summed E-state index contributed by atoms with van der Waals surface area (Å²) >= 11 is 0. The predicted molar refractivity (Wildman–Crippen MR) is 82.5 cm³/mol. The van der Waals surface area contributed by atoms with Crippen LogP contribution in [0.15, 0.2) is 48.7 Å². The molecule has 0 aliphatic rings. The van der Waals surface area contributed by atoms with Crippen LogP contribution in [-0.2, 0) is 6.54 Å². The summed E-state index contributed by atoms with van der Waals surface area (Å²) < 4.78 is 0. The summed E-state index contributed by atoms with van der Waals surface area (Å²) in [5.74, 6) is 0.845. The molecule has 1 aromatic carbocycles. The largest absolute Gasteiger partial charge is 0.398 e. The Balaban J connectivity index is 1.97. The van der Waals surface area contributed by atoms with Crippen molar-refractivity contribution in [2.45, 2.75) is 13.5 Å². The number of hydrogen-bond acceptors (Lipinski definition) is 4. The number of anilines is 2. The highest BCUT2D eigenvalue weighted by atomic mass is 15.0. The Hall–Kier alpha value is -2.62. The lowest BCUT2D eigenvalue weighted by atomic mass is 10.1. The molecule has 2 heterocycles. The molecule has 0 aliphatic heterocycles. The van der Waals surface area contributed by atoms with Crippen LogP contribution in [0.4, 0.5) is 11.5 Å².